The fraction of sp³-hybridized carbons (Fsp3) is 0.250. The Balaban J connectivity index is 1.37. The molecule has 35 heavy (non-hydrogen) atoms. The molecule has 2 aromatic heterocycles. The lowest BCUT2D eigenvalue weighted by Crippen LogP contribution is -2.44. The molecule has 0 bridgehead atoms. The zero-order chi connectivity index (χ0) is 24.6. The number of hydrogen-bond donors (Lipinski definition) is 0. The number of anilines is 1. The van der Waals surface area contributed by atoms with E-state index in [1.807, 2.05) is 12.1 Å². The number of thiazole rings is 1. The van der Waals surface area contributed by atoms with E-state index in [1.54, 1.807) is 29.4 Å². The van der Waals surface area contributed by atoms with Crippen molar-refractivity contribution in [1.29, 1.82) is 0 Å². The first kappa shape index (κ1) is 23.9. The lowest BCUT2D eigenvalue weighted by atomic mass is 9.96. The molecule has 0 unspecified atom stereocenters. The molecule has 182 valence electrons. The fourth-order valence-corrected chi connectivity index (χ4v) is 6.98. The van der Waals surface area contributed by atoms with Gasteiger partial charge in [0.05, 0.1) is 22.5 Å². The predicted molar refractivity (Wildman–Crippen MR) is 132 cm³/mol. The van der Waals surface area contributed by atoms with Gasteiger partial charge >= 0.3 is 0 Å². The van der Waals surface area contributed by atoms with Crippen LogP contribution in [-0.2, 0) is 21.4 Å². The summed E-state index contributed by atoms with van der Waals surface area (Å²) in [4.78, 5) is 19.5. The molecular formula is C24H21ClFN3O4S2. The van der Waals surface area contributed by atoms with Gasteiger partial charge in [0.15, 0.2) is 5.13 Å². The van der Waals surface area contributed by atoms with Crippen molar-refractivity contribution in [3.63, 3.8) is 0 Å². The molecule has 7 nitrogen and oxygen atoms in total. The molecule has 0 aliphatic carbocycles. The van der Waals surface area contributed by atoms with Crippen LogP contribution >= 0.6 is 22.9 Å². The van der Waals surface area contributed by atoms with Crippen molar-refractivity contribution >= 4 is 54.2 Å². The highest BCUT2D eigenvalue weighted by Crippen LogP contribution is 2.35. The molecule has 1 fully saturated rings. The van der Waals surface area contributed by atoms with E-state index < -0.39 is 21.8 Å². The lowest BCUT2D eigenvalue weighted by molar-refractivity contribution is -0.123. The van der Waals surface area contributed by atoms with Crippen LogP contribution in [0, 0.1) is 11.7 Å². The summed E-state index contributed by atoms with van der Waals surface area (Å²) in [7, 11) is -3.98. The molecule has 2 aromatic carbocycles. The fourth-order valence-electron chi connectivity index (χ4n) is 4.17. The molecule has 5 rings (SSSR count). The van der Waals surface area contributed by atoms with Gasteiger partial charge in [-0.2, -0.15) is 4.31 Å². The SMILES string of the molecule is O=C(C1CCN(S(=O)(=O)c2ccccc2F)CC1)N(Cc1ccco1)c1nc2c(Cl)cccc2s1. The third-order valence-electron chi connectivity index (χ3n) is 6.01. The van der Waals surface area contributed by atoms with E-state index in [0.717, 1.165) is 10.8 Å². The summed E-state index contributed by atoms with van der Waals surface area (Å²) in [5, 5.41) is 0.998. The highest BCUT2D eigenvalue weighted by atomic mass is 35.5. The third kappa shape index (κ3) is 4.71. The largest absolute Gasteiger partial charge is 0.467 e. The number of fused-ring (bicyclic) bond motifs is 1. The Hall–Kier alpha value is -2.79. The maximum Gasteiger partial charge on any atom is 0.245 e. The number of hydrogen-bond acceptors (Lipinski definition) is 6. The minimum atomic E-state index is -3.98. The Labute approximate surface area is 210 Å². The van der Waals surface area contributed by atoms with Gasteiger partial charge < -0.3 is 4.42 Å². The van der Waals surface area contributed by atoms with Crippen molar-refractivity contribution in [3.8, 4) is 0 Å². The quantitative estimate of drug-likeness (QED) is 0.335. The Morgan fingerprint density at radius 2 is 1.91 bits per heavy atom. The van der Waals surface area contributed by atoms with Crippen molar-refractivity contribution in [1.82, 2.24) is 9.29 Å². The van der Waals surface area contributed by atoms with E-state index in [1.165, 1.54) is 33.8 Å². The number of furan rings is 1. The molecule has 0 saturated carbocycles. The summed E-state index contributed by atoms with van der Waals surface area (Å²) in [6.45, 7) is 0.428. The number of aromatic nitrogens is 1. The van der Waals surface area contributed by atoms with E-state index in [9.17, 15) is 17.6 Å². The van der Waals surface area contributed by atoms with Gasteiger partial charge in [-0.05, 0) is 49.2 Å². The van der Waals surface area contributed by atoms with E-state index in [-0.39, 0.29) is 30.4 Å². The molecule has 4 aromatic rings. The summed E-state index contributed by atoms with van der Waals surface area (Å²) in [6.07, 6.45) is 2.17. The molecule has 1 saturated heterocycles. The first-order valence-corrected chi connectivity index (χ1v) is 13.6. The van der Waals surface area contributed by atoms with Gasteiger partial charge in [-0.15, -0.1) is 0 Å². The van der Waals surface area contributed by atoms with Gasteiger partial charge in [0, 0.05) is 19.0 Å². The van der Waals surface area contributed by atoms with Crippen molar-refractivity contribution in [3.05, 3.63) is 77.5 Å². The number of rotatable bonds is 6. The van der Waals surface area contributed by atoms with Crippen molar-refractivity contribution < 1.29 is 22.0 Å². The monoisotopic (exact) mass is 533 g/mol. The second kappa shape index (κ2) is 9.69. The molecule has 1 amide bonds. The van der Waals surface area contributed by atoms with Crippen LogP contribution in [0.5, 0.6) is 0 Å². The summed E-state index contributed by atoms with van der Waals surface area (Å²) >= 11 is 7.66. The molecule has 3 heterocycles. The van der Waals surface area contributed by atoms with Crippen LogP contribution in [0.4, 0.5) is 9.52 Å². The molecule has 0 radical (unpaired) electrons. The topological polar surface area (TPSA) is 83.7 Å². The molecule has 0 N–H and O–H groups in total. The Bertz CT molecular complexity index is 1470. The van der Waals surface area contributed by atoms with Crippen LogP contribution in [0.25, 0.3) is 10.2 Å². The number of carbonyl (C=O) groups is 1. The first-order chi connectivity index (χ1) is 16.8. The first-order valence-electron chi connectivity index (χ1n) is 11.0. The van der Waals surface area contributed by atoms with E-state index in [4.69, 9.17) is 16.0 Å². The Kier molecular flexibility index (Phi) is 6.63. The number of amides is 1. The number of halogens is 2. The van der Waals surface area contributed by atoms with Crippen LogP contribution in [0.3, 0.4) is 0 Å². The highest BCUT2D eigenvalue weighted by Gasteiger charge is 2.36. The Morgan fingerprint density at radius 3 is 2.60 bits per heavy atom. The van der Waals surface area contributed by atoms with Crippen molar-refractivity contribution in [2.24, 2.45) is 5.92 Å². The summed E-state index contributed by atoms with van der Waals surface area (Å²) in [5.41, 5.74) is 0.622. The van der Waals surface area contributed by atoms with Gasteiger partial charge in [-0.25, -0.2) is 17.8 Å². The Morgan fingerprint density at radius 1 is 1.14 bits per heavy atom. The zero-order valence-electron chi connectivity index (χ0n) is 18.4. The van der Waals surface area contributed by atoms with Gasteiger partial charge in [0.2, 0.25) is 15.9 Å². The summed E-state index contributed by atoms with van der Waals surface area (Å²) in [6, 6.07) is 14.3. The normalized spacial score (nSPS) is 15.5. The molecule has 0 atom stereocenters. The standard InChI is InChI=1S/C24H21ClFN3O4S2/c25-18-6-3-8-20-22(18)27-24(34-20)29(15-17-5-4-14-33-17)23(30)16-10-12-28(13-11-16)35(31,32)21-9-2-1-7-19(21)26/h1-9,14,16H,10-13,15H2. The number of sulfonamides is 1. The zero-order valence-corrected chi connectivity index (χ0v) is 20.8. The van der Waals surface area contributed by atoms with Crippen molar-refractivity contribution in [2.45, 2.75) is 24.3 Å². The van der Waals surface area contributed by atoms with Crippen LogP contribution in [0.2, 0.25) is 5.02 Å². The number of nitrogens with zero attached hydrogens (tertiary/aromatic N) is 3. The molecular weight excluding hydrogens is 513 g/mol. The summed E-state index contributed by atoms with van der Waals surface area (Å²) in [5.74, 6) is -0.771. The maximum absolute atomic E-state index is 14.1. The van der Waals surface area contributed by atoms with Crippen LogP contribution in [0.1, 0.15) is 18.6 Å². The number of piperidine rings is 1. The van der Waals surface area contributed by atoms with E-state index in [0.29, 0.717) is 34.3 Å². The highest BCUT2D eigenvalue weighted by molar-refractivity contribution is 7.89. The van der Waals surface area contributed by atoms with Crippen LogP contribution in [-0.4, -0.2) is 36.7 Å². The van der Waals surface area contributed by atoms with Crippen LogP contribution in [0.15, 0.2) is 70.2 Å². The second-order valence-corrected chi connectivity index (χ2v) is 11.5. The van der Waals surface area contributed by atoms with E-state index >= 15 is 0 Å². The number of benzene rings is 2. The van der Waals surface area contributed by atoms with Crippen LogP contribution < -0.4 is 4.90 Å². The minimum Gasteiger partial charge on any atom is -0.467 e. The lowest BCUT2D eigenvalue weighted by Gasteiger charge is -2.32. The molecule has 11 heteroatoms. The number of carbonyl (C=O) groups excluding carboxylic acids is 1. The molecule has 1 aliphatic heterocycles. The third-order valence-corrected chi connectivity index (χ3v) is 9.29. The second-order valence-electron chi connectivity index (χ2n) is 8.20. The molecule has 1 aliphatic rings. The van der Waals surface area contributed by atoms with Gasteiger partial charge in [-0.1, -0.05) is 41.1 Å². The smallest absolute Gasteiger partial charge is 0.245 e. The van der Waals surface area contributed by atoms with Crippen molar-refractivity contribution in [2.75, 3.05) is 18.0 Å². The van der Waals surface area contributed by atoms with Gasteiger partial charge in [0.1, 0.15) is 22.0 Å². The predicted octanol–water partition coefficient (Wildman–Crippen LogP) is 5.32. The average Bonchev–Trinajstić information content (AvgIpc) is 3.53. The molecule has 0 spiro atoms. The maximum atomic E-state index is 14.1. The number of para-hydroxylation sites is 1. The van der Waals surface area contributed by atoms with Gasteiger partial charge in [-0.3, -0.25) is 9.69 Å². The van der Waals surface area contributed by atoms with E-state index in [2.05, 4.69) is 4.98 Å². The summed E-state index contributed by atoms with van der Waals surface area (Å²) < 4.78 is 47.6. The minimum absolute atomic E-state index is 0.118. The average molecular weight is 534 g/mol. The van der Waals surface area contributed by atoms with Gasteiger partial charge in [0.25, 0.3) is 0 Å².